The minimum atomic E-state index is -3.26. The van der Waals surface area contributed by atoms with Crippen LogP contribution in [0, 0.1) is 0 Å². The third-order valence-electron chi connectivity index (χ3n) is 4.16. The summed E-state index contributed by atoms with van der Waals surface area (Å²) >= 11 is 0. The van der Waals surface area contributed by atoms with Gasteiger partial charge in [-0.3, -0.25) is 0 Å². The van der Waals surface area contributed by atoms with Gasteiger partial charge in [0.2, 0.25) is 0 Å². The first-order chi connectivity index (χ1) is 11.1. The van der Waals surface area contributed by atoms with E-state index in [0.29, 0.717) is 17.2 Å². The van der Waals surface area contributed by atoms with Gasteiger partial charge in [0.05, 0.1) is 22.4 Å². The molecule has 23 heavy (non-hydrogen) atoms. The molecule has 5 heteroatoms. The van der Waals surface area contributed by atoms with Crippen molar-refractivity contribution in [1.29, 1.82) is 0 Å². The Kier molecular flexibility index (Phi) is 4.68. The van der Waals surface area contributed by atoms with E-state index in [1.165, 1.54) is 0 Å². The Morgan fingerprint density at radius 2 is 1.78 bits per heavy atom. The molecule has 0 unspecified atom stereocenters. The summed E-state index contributed by atoms with van der Waals surface area (Å²) in [5.41, 5.74) is 1.77. The molecule has 3 rings (SSSR count). The van der Waals surface area contributed by atoms with Gasteiger partial charge >= 0.3 is 0 Å². The first-order valence-corrected chi connectivity index (χ1v) is 9.52. The van der Waals surface area contributed by atoms with E-state index in [9.17, 15) is 8.42 Å². The zero-order valence-corrected chi connectivity index (χ0v) is 13.9. The Balaban J connectivity index is 1.88. The van der Waals surface area contributed by atoms with Crippen molar-refractivity contribution < 1.29 is 13.2 Å². The summed E-state index contributed by atoms with van der Waals surface area (Å²) in [5.74, 6) is 0.0922. The van der Waals surface area contributed by atoms with Crippen LogP contribution in [0.3, 0.4) is 0 Å². The number of para-hydroxylation sites is 1. The van der Waals surface area contributed by atoms with Gasteiger partial charge in [-0.1, -0.05) is 49.4 Å². The maximum atomic E-state index is 12.3. The molecule has 0 aromatic heterocycles. The molecule has 2 atom stereocenters. The molecule has 1 heterocycles. The zero-order valence-electron chi connectivity index (χ0n) is 13.1. The van der Waals surface area contributed by atoms with Crippen molar-refractivity contribution in [1.82, 2.24) is 0 Å². The van der Waals surface area contributed by atoms with Gasteiger partial charge in [-0.15, -0.1) is 0 Å². The highest BCUT2D eigenvalue weighted by atomic mass is 32.2. The fourth-order valence-corrected chi connectivity index (χ4v) is 3.98. The summed E-state index contributed by atoms with van der Waals surface area (Å²) in [4.78, 5) is 0.362. The highest BCUT2D eigenvalue weighted by Crippen LogP contribution is 2.33. The van der Waals surface area contributed by atoms with Gasteiger partial charge in [0.25, 0.3) is 0 Å². The minimum Gasteiger partial charge on any atom is -0.378 e. The number of sulfone groups is 1. The van der Waals surface area contributed by atoms with Crippen molar-refractivity contribution >= 4 is 15.5 Å². The van der Waals surface area contributed by atoms with Crippen molar-refractivity contribution in [3.05, 3.63) is 60.2 Å². The molecule has 2 aromatic carbocycles. The van der Waals surface area contributed by atoms with Gasteiger partial charge in [-0.05, 0) is 24.1 Å². The summed E-state index contributed by atoms with van der Waals surface area (Å²) in [7, 11) is -3.26. The van der Waals surface area contributed by atoms with Crippen LogP contribution in [0.1, 0.15) is 25.0 Å². The second-order valence-electron chi connectivity index (χ2n) is 5.64. The highest BCUT2D eigenvalue weighted by Gasteiger charge is 2.30. The molecule has 1 saturated heterocycles. The van der Waals surface area contributed by atoms with Crippen molar-refractivity contribution in [2.45, 2.75) is 30.4 Å². The molecule has 122 valence electrons. The Labute approximate surface area is 137 Å². The lowest BCUT2D eigenvalue weighted by Gasteiger charge is -2.22. The van der Waals surface area contributed by atoms with Crippen LogP contribution in [0.15, 0.2) is 59.5 Å². The fraction of sp³-hybridized carbons (Fsp3) is 0.333. The first-order valence-electron chi connectivity index (χ1n) is 7.86. The van der Waals surface area contributed by atoms with Crippen LogP contribution in [0.5, 0.6) is 0 Å². The molecule has 1 aliphatic rings. The van der Waals surface area contributed by atoms with Gasteiger partial charge in [-0.2, -0.15) is 0 Å². The van der Waals surface area contributed by atoms with Gasteiger partial charge in [0.15, 0.2) is 9.84 Å². The van der Waals surface area contributed by atoms with Crippen LogP contribution in [0.4, 0.5) is 5.69 Å². The lowest BCUT2D eigenvalue weighted by molar-refractivity contribution is 0.107. The van der Waals surface area contributed by atoms with E-state index in [0.717, 1.165) is 12.0 Å². The summed E-state index contributed by atoms with van der Waals surface area (Å²) < 4.78 is 30.4. The number of nitrogens with one attached hydrogen (secondary N) is 1. The summed E-state index contributed by atoms with van der Waals surface area (Å²) in [6.45, 7) is 2.33. The molecule has 0 saturated carbocycles. The van der Waals surface area contributed by atoms with Crippen LogP contribution in [0.25, 0.3) is 0 Å². The smallest absolute Gasteiger partial charge is 0.180 e. The van der Waals surface area contributed by atoms with Crippen LogP contribution in [-0.2, 0) is 14.6 Å². The molecule has 0 spiro atoms. The van der Waals surface area contributed by atoms with E-state index in [2.05, 4.69) is 5.32 Å². The number of anilines is 1. The minimum absolute atomic E-state index is 0.0607. The van der Waals surface area contributed by atoms with Crippen LogP contribution in [0.2, 0.25) is 0 Å². The van der Waals surface area contributed by atoms with E-state index in [-0.39, 0.29) is 17.9 Å². The average Bonchev–Trinajstić information content (AvgIpc) is 3.04. The Morgan fingerprint density at radius 1 is 1.09 bits per heavy atom. The summed E-state index contributed by atoms with van der Waals surface area (Å²) in [6, 6.07) is 17.2. The van der Waals surface area contributed by atoms with E-state index in [1.807, 2.05) is 42.5 Å². The van der Waals surface area contributed by atoms with Crippen molar-refractivity contribution in [2.24, 2.45) is 0 Å². The molecular formula is C18H21NO3S. The molecule has 1 aliphatic heterocycles. The fourth-order valence-electron chi connectivity index (χ4n) is 2.92. The second kappa shape index (κ2) is 6.72. The van der Waals surface area contributed by atoms with Crippen molar-refractivity contribution in [3.8, 4) is 0 Å². The summed E-state index contributed by atoms with van der Waals surface area (Å²) in [5, 5.41) is 3.39. The average molecular weight is 331 g/mol. The lowest BCUT2D eigenvalue weighted by Crippen LogP contribution is -2.24. The zero-order chi connectivity index (χ0) is 16.3. The number of ether oxygens (including phenoxy) is 1. The molecule has 0 radical (unpaired) electrons. The van der Waals surface area contributed by atoms with Gasteiger partial charge in [0.1, 0.15) is 6.10 Å². The van der Waals surface area contributed by atoms with Gasteiger partial charge in [-0.25, -0.2) is 8.42 Å². The van der Waals surface area contributed by atoms with Gasteiger partial charge < -0.3 is 10.1 Å². The first kappa shape index (κ1) is 16.0. The standard InChI is InChI=1S/C18H21NO3S/c1-2-23(20,21)17-11-7-6-10-15(17)19-16-12-13-22-18(16)14-8-4-3-5-9-14/h3-11,16,18-19H,2,12-13H2,1H3/t16-,18-/m1/s1. The third-order valence-corrected chi connectivity index (χ3v) is 5.95. The second-order valence-corrected chi connectivity index (χ2v) is 7.89. The molecule has 1 N–H and O–H groups in total. The van der Waals surface area contributed by atoms with E-state index >= 15 is 0 Å². The summed E-state index contributed by atoms with van der Waals surface area (Å²) in [6.07, 6.45) is 0.786. The predicted molar refractivity (Wildman–Crippen MR) is 91.3 cm³/mol. The number of hydrogen-bond acceptors (Lipinski definition) is 4. The SMILES string of the molecule is CCS(=O)(=O)c1ccccc1N[C@@H]1CCO[C@@H]1c1ccccc1. The molecule has 0 amide bonds. The maximum absolute atomic E-state index is 12.3. The molecule has 4 nitrogen and oxygen atoms in total. The monoisotopic (exact) mass is 331 g/mol. The number of rotatable bonds is 5. The van der Waals surface area contributed by atoms with Crippen LogP contribution < -0.4 is 5.32 Å². The molecular weight excluding hydrogens is 310 g/mol. The largest absolute Gasteiger partial charge is 0.378 e. The Bertz CT molecular complexity index is 759. The van der Waals surface area contributed by atoms with Crippen molar-refractivity contribution in [3.63, 3.8) is 0 Å². The van der Waals surface area contributed by atoms with E-state index in [1.54, 1.807) is 19.1 Å². The molecule has 1 fully saturated rings. The normalized spacial score (nSPS) is 21.3. The van der Waals surface area contributed by atoms with E-state index in [4.69, 9.17) is 4.74 Å². The Morgan fingerprint density at radius 3 is 2.52 bits per heavy atom. The van der Waals surface area contributed by atoms with Crippen molar-refractivity contribution in [2.75, 3.05) is 17.7 Å². The van der Waals surface area contributed by atoms with E-state index < -0.39 is 9.84 Å². The maximum Gasteiger partial charge on any atom is 0.180 e. The van der Waals surface area contributed by atoms with Crippen LogP contribution >= 0.6 is 0 Å². The molecule has 2 aromatic rings. The van der Waals surface area contributed by atoms with Crippen LogP contribution in [-0.4, -0.2) is 26.8 Å². The highest BCUT2D eigenvalue weighted by molar-refractivity contribution is 7.91. The predicted octanol–water partition coefficient (Wildman–Crippen LogP) is 3.42. The molecule has 0 aliphatic carbocycles. The quantitative estimate of drug-likeness (QED) is 0.912. The Hall–Kier alpha value is -1.85. The number of benzene rings is 2. The molecule has 0 bridgehead atoms. The topological polar surface area (TPSA) is 55.4 Å². The third kappa shape index (κ3) is 3.41. The lowest BCUT2D eigenvalue weighted by atomic mass is 10.0. The number of hydrogen-bond donors (Lipinski definition) is 1. The van der Waals surface area contributed by atoms with Gasteiger partial charge in [0, 0.05) is 6.61 Å².